The maximum atomic E-state index is 11.5. The molecule has 0 unspecified atom stereocenters. The van der Waals surface area contributed by atoms with Crippen LogP contribution in [0.15, 0.2) is 6.07 Å². The van der Waals surface area contributed by atoms with Gasteiger partial charge in [-0.15, -0.1) is 11.3 Å². The fourth-order valence-electron chi connectivity index (χ4n) is 2.16. The van der Waals surface area contributed by atoms with Crippen LogP contribution in [0.25, 0.3) is 0 Å². The molecule has 0 fully saturated rings. The second-order valence-corrected chi connectivity index (χ2v) is 6.54. The molecule has 3 nitrogen and oxygen atoms in total. The zero-order chi connectivity index (χ0) is 13.0. The van der Waals surface area contributed by atoms with E-state index in [1.807, 2.05) is 11.3 Å². The van der Waals surface area contributed by atoms with E-state index in [9.17, 15) is 4.79 Å². The summed E-state index contributed by atoms with van der Waals surface area (Å²) in [5.41, 5.74) is 1.53. The molecule has 1 aliphatic carbocycles. The van der Waals surface area contributed by atoms with Gasteiger partial charge in [-0.3, -0.25) is 4.79 Å². The van der Waals surface area contributed by atoms with Crippen LogP contribution in [0.1, 0.15) is 35.6 Å². The molecule has 0 atom stereocenters. The summed E-state index contributed by atoms with van der Waals surface area (Å²) in [5.74, 6) is 0.599. The largest absolute Gasteiger partial charge is 0.355 e. The summed E-state index contributed by atoms with van der Waals surface area (Å²) in [4.78, 5) is 14.4. The van der Waals surface area contributed by atoms with E-state index in [0.717, 1.165) is 13.1 Å². The number of nitrogens with one attached hydrogen (secondary N) is 2. The van der Waals surface area contributed by atoms with Gasteiger partial charge in [0.1, 0.15) is 0 Å². The van der Waals surface area contributed by atoms with Crippen LogP contribution in [0.4, 0.5) is 0 Å². The number of carbonyl (C=O) groups excluding carboxylic acids is 1. The van der Waals surface area contributed by atoms with E-state index in [0.29, 0.717) is 12.5 Å². The lowest BCUT2D eigenvalue weighted by Gasteiger charge is -2.08. The third kappa shape index (κ3) is 3.82. The molecule has 1 aliphatic rings. The first-order chi connectivity index (χ1) is 8.65. The smallest absolute Gasteiger partial charge is 0.233 e. The summed E-state index contributed by atoms with van der Waals surface area (Å²) in [6.45, 7) is 6.18. The number of fused-ring (bicyclic) bond motifs is 1. The van der Waals surface area contributed by atoms with Gasteiger partial charge in [-0.1, -0.05) is 13.8 Å². The van der Waals surface area contributed by atoms with E-state index in [-0.39, 0.29) is 5.91 Å². The molecule has 0 saturated heterocycles. The van der Waals surface area contributed by atoms with Gasteiger partial charge in [0.15, 0.2) is 0 Å². The number of hydrogen-bond donors (Lipinski definition) is 2. The van der Waals surface area contributed by atoms with Gasteiger partial charge in [0.05, 0.1) is 6.54 Å². The van der Waals surface area contributed by atoms with Crippen LogP contribution in [0, 0.1) is 5.92 Å². The van der Waals surface area contributed by atoms with E-state index >= 15 is 0 Å². The lowest BCUT2D eigenvalue weighted by atomic mass is 10.2. The quantitative estimate of drug-likeness (QED) is 0.828. The van der Waals surface area contributed by atoms with Crippen LogP contribution >= 0.6 is 11.3 Å². The highest BCUT2D eigenvalue weighted by molar-refractivity contribution is 7.12. The number of aryl methyl sites for hydroxylation is 2. The Balaban J connectivity index is 1.67. The maximum absolute atomic E-state index is 11.5. The molecule has 0 aliphatic heterocycles. The minimum absolute atomic E-state index is 0.0906. The van der Waals surface area contributed by atoms with Crippen molar-refractivity contribution in [2.24, 2.45) is 5.92 Å². The Hall–Kier alpha value is -0.870. The van der Waals surface area contributed by atoms with Gasteiger partial charge >= 0.3 is 0 Å². The molecule has 1 aromatic heterocycles. The molecule has 4 heteroatoms. The van der Waals surface area contributed by atoms with Crippen LogP contribution in [-0.2, 0) is 24.2 Å². The summed E-state index contributed by atoms with van der Waals surface area (Å²) in [6.07, 6.45) is 3.79. The van der Waals surface area contributed by atoms with E-state index in [4.69, 9.17) is 0 Å². The molecule has 0 aromatic carbocycles. The van der Waals surface area contributed by atoms with E-state index < -0.39 is 0 Å². The van der Waals surface area contributed by atoms with Crippen molar-refractivity contribution in [3.63, 3.8) is 0 Å². The van der Waals surface area contributed by atoms with Crippen LogP contribution in [0.2, 0.25) is 0 Å². The monoisotopic (exact) mass is 266 g/mol. The predicted octanol–water partition coefficient (Wildman–Crippen LogP) is 2.10. The Morgan fingerprint density at radius 3 is 3.00 bits per heavy atom. The highest BCUT2D eigenvalue weighted by Gasteiger charge is 2.14. The van der Waals surface area contributed by atoms with Gasteiger partial charge in [-0.2, -0.15) is 0 Å². The average Bonchev–Trinajstić information content (AvgIpc) is 2.86. The van der Waals surface area contributed by atoms with Gasteiger partial charge in [0, 0.05) is 22.8 Å². The Bertz CT molecular complexity index is 390. The standard InChI is InChI=1S/C14H22N2OS/c1-10(2)7-16-14(17)9-15-8-12-6-11-4-3-5-13(11)18-12/h6,10,15H,3-5,7-9H2,1-2H3,(H,16,17). The molecule has 2 N–H and O–H groups in total. The first kappa shape index (κ1) is 13.6. The zero-order valence-electron chi connectivity index (χ0n) is 11.2. The van der Waals surface area contributed by atoms with Crippen LogP contribution in [0.3, 0.4) is 0 Å². The van der Waals surface area contributed by atoms with Crippen molar-refractivity contribution in [2.75, 3.05) is 13.1 Å². The minimum atomic E-state index is 0.0906. The van der Waals surface area contributed by atoms with Crippen molar-refractivity contribution in [1.29, 1.82) is 0 Å². The number of hydrogen-bond acceptors (Lipinski definition) is 3. The van der Waals surface area contributed by atoms with Crippen LogP contribution in [0.5, 0.6) is 0 Å². The Morgan fingerprint density at radius 2 is 2.28 bits per heavy atom. The molecular formula is C14H22N2OS. The molecule has 1 aromatic rings. The Morgan fingerprint density at radius 1 is 1.44 bits per heavy atom. The first-order valence-corrected chi connectivity index (χ1v) is 7.54. The van der Waals surface area contributed by atoms with Gasteiger partial charge in [-0.25, -0.2) is 0 Å². The van der Waals surface area contributed by atoms with E-state index in [2.05, 4.69) is 30.5 Å². The summed E-state index contributed by atoms with van der Waals surface area (Å²) in [7, 11) is 0. The third-order valence-electron chi connectivity index (χ3n) is 3.09. The van der Waals surface area contributed by atoms with Crippen molar-refractivity contribution in [2.45, 2.75) is 39.7 Å². The summed E-state index contributed by atoms with van der Waals surface area (Å²) in [5, 5.41) is 6.12. The number of rotatable bonds is 6. The molecule has 0 bridgehead atoms. The molecule has 100 valence electrons. The van der Waals surface area contributed by atoms with Gasteiger partial charge in [-0.05, 0) is 36.8 Å². The third-order valence-corrected chi connectivity index (χ3v) is 4.33. The molecule has 2 rings (SSSR count). The van der Waals surface area contributed by atoms with E-state index in [1.54, 1.807) is 4.88 Å². The van der Waals surface area contributed by atoms with Gasteiger partial charge < -0.3 is 10.6 Å². The Kier molecular flexibility index (Phi) is 4.78. The summed E-state index contributed by atoms with van der Waals surface area (Å²) in [6, 6.07) is 2.30. The van der Waals surface area contributed by atoms with Gasteiger partial charge in [0.25, 0.3) is 0 Å². The maximum Gasteiger partial charge on any atom is 0.233 e. The summed E-state index contributed by atoms with van der Waals surface area (Å²) < 4.78 is 0. The zero-order valence-corrected chi connectivity index (χ0v) is 12.0. The lowest BCUT2D eigenvalue weighted by Crippen LogP contribution is -2.35. The van der Waals surface area contributed by atoms with Crippen LogP contribution in [-0.4, -0.2) is 19.0 Å². The molecule has 18 heavy (non-hydrogen) atoms. The van der Waals surface area contributed by atoms with Crippen LogP contribution < -0.4 is 10.6 Å². The lowest BCUT2D eigenvalue weighted by molar-refractivity contribution is -0.120. The SMILES string of the molecule is CC(C)CNC(=O)CNCc1cc2c(s1)CCC2. The summed E-state index contributed by atoms with van der Waals surface area (Å²) >= 11 is 1.90. The number of thiophene rings is 1. The Labute approximate surface area is 113 Å². The topological polar surface area (TPSA) is 41.1 Å². The van der Waals surface area contributed by atoms with E-state index in [1.165, 1.54) is 29.7 Å². The predicted molar refractivity (Wildman–Crippen MR) is 75.9 cm³/mol. The highest BCUT2D eigenvalue weighted by atomic mass is 32.1. The molecule has 0 saturated carbocycles. The van der Waals surface area contributed by atoms with Crippen molar-refractivity contribution >= 4 is 17.2 Å². The number of carbonyl (C=O) groups is 1. The fraction of sp³-hybridized carbons (Fsp3) is 0.643. The van der Waals surface area contributed by atoms with Gasteiger partial charge in [0.2, 0.25) is 5.91 Å². The van der Waals surface area contributed by atoms with Crippen molar-refractivity contribution in [3.8, 4) is 0 Å². The second kappa shape index (κ2) is 6.34. The molecule has 1 amide bonds. The van der Waals surface area contributed by atoms with Crippen molar-refractivity contribution in [3.05, 3.63) is 21.4 Å². The van der Waals surface area contributed by atoms with Crippen molar-refractivity contribution in [1.82, 2.24) is 10.6 Å². The van der Waals surface area contributed by atoms with Crippen molar-refractivity contribution < 1.29 is 4.79 Å². The molecule has 0 radical (unpaired) electrons. The first-order valence-electron chi connectivity index (χ1n) is 6.73. The molecule has 0 spiro atoms. The average molecular weight is 266 g/mol. The molecule has 1 heterocycles. The highest BCUT2D eigenvalue weighted by Crippen LogP contribution is 2.30. The fourth-order valence-corrected chi connectivity index (χ4v) is 3.39. The normalized spacial score (nSPS) is 13.9. The second-order valence-electron chi connectivity index (χ2n) is 5.32. The number of amides is 1. The molecular weight excluding hydrogens is 244 g/mol. The minimum Gasteiger partial charge on any atom is -0.355 e.